The predicted octanol–water partition coefficient (Wildman–Crippen LogP) is 2.54. The molecule has 1 aromatic carbocycles. The summed E-state index contributed by atoms with van der Waals surface area (Å²) in [5.41, 5.74) is 6.63. The molecule has 0 radical (unpaired) electrons. The molecule has 0 aliphatic heterocycles. The molecule has 1 unspecified atom stereocenters. The van der Waals surface area contributed by atoms with Crippen LogP contribution in [-0.4, -0.2) is 18.0 Å². The summed E-state index contributed by atoms with van der Waals surface area (Å²) in [6.07, 6.45) is 1.50. The number of rotatable bonds is 4. The van der Waals surface area contributed by atoms with Crippen molar-refractivity contribution in [3.8, 4) is 0 Å². The molecule has 4 nitrogen and oxygen atoms in total. The van der Waals surface area contributed by atoms with E-state index in [-0.39, 0.29) is 11.8 Å². The second-order valence-corrected chi connectivity index (χ2v) is 5.38. The van der Waals surface area contributed by atoms with Crippen LogP contribution in [0.4, 0.5) is 0 Å². The number of nitrogens with one attached hydrogen (secondary N) is 1. The summed E-state index contributed by atoms with van der Waals surface area (Å²) in [5.74, 6) is 0.103. The third kappa shape index (κ3) is 2.49. The molecular formula is C15H20N2O2. The fourth-order valence-corrected chi connectivity index (χ4v) is 1.91. The summed E-state index contributed by atoms with van der Waals surface area (Å²) in [6, 6.07) is 7.49. The lowest BCUT2D eigenvalue weighted by molar-refractivity contribution is 0.0884. The highest BCUT2D eigenvalue weighted by Crippen LogP contribution is 2.22. The molecule has 1 atom stereocenters. The molecule has 0 aliphatic rings. The van der Waals surface area contributed by atoms with Crippen LogP contribution in [0.5, 0.6) is 0 Å². The highest BCUT2D eigenvalue weighted by Gasteiger charge is 2.29. The average Bonchev–Trinajstić information content (AvgIpc) is 2.82. The quantitative estimate of drug-likeness (QED) is 0.887. The van der Waals surface area contributed by atoms with Gasteiger partial charge in [0.25, 0.3) is 5.91 Å². The first-order valence-electron chi connectivity index (χ1n) is 6.47. The zero-order valence-corrected chi connectivity index (χ0v) is 11.6. The van der Waals surface area contributed by atoms with E-state index in [1.165, 1.54) is 6.26 Å². The predicted molar refractivity (Wildman–Crippen MR) is 76.0 cm³/mol. The van der Waals surface area contributed by atoms with Gasteiger partial charge >= 0.3 is 0 Å². The molecule has 0 fully saturated rings. The first-order chi connectivity index (χ1) is 8.98. The van der Waals surface area contributed by atoms with Gasteiger partial charge in [0.1, 0.15) is 11.8 Å². The molecule has 0 bridgehead atoms. The Hall–Kier alpha value is -1.81. The maximum Gasteiger partial charge on any atom is 0.255 e. The average molecular weight is 260 g/mol. The van der Waals surface area contributed by atoms with Crippen molar-refractivity contribution in [1.82, 2.24) is 5.32 Å². The van der Waals surface area contributed by atoms with Crippen LogP contribution in [0.1, 0.15) is 31.1 Å². The monoisotopic (exact) mass is 260 g/mol. The van der Waals surface area contributed by atoms with Crippen molar-refractivity contribution in [3.63, 3.8) is 0 Å². The van der Waals surface area contributed by atoms with Gasteiger partial charge < -0.3 is 15.5 Å². The number of hydrogen-bond donors (Lipinski definition) is 2. The molecule has 102 valence electrons. The van der Waals surface area contributed by atoms with Gasteiger partial charge in [-0.1, -0.05) is 32.0 Å². The molecule has 0 saturated carbocycles. The summed E-state index contributed by atoms with van der Waals surface area (Å²) in [6.45, 7) is 6.44. The van der Waals surface area contributed by atoms with Crippen molar-refractivity contribution in [1.29, 1.82) is 0 Å². The lowest BCUT2D eigenvalue weighted by Gasteiger charge is -2.33. The smallest absolute Gasteiger partial charge is 0.255 e. The van der Waals surface area contributed by atoms with E-state index in [0.29, 0.717) is 17.7 Å². The van der Waals surface area contributed by atoms with Crippen molar-refractivity contribution in [3.05, 3.63) is 36.1 Å². The van der Waals surface area contributed by atoms with Gasteiger partial charge in [-0.15, -0.1) is 0 Å². The second-order valence-electron chi connectivity index (χ2n) is 5.38. The summed E-state index contributed by atoms with van der Waals surface area (Å²) in [4.78, 5) is 12.4. The lowest BCUT2D eigenvalue weighted by atomic mass is 9.88. The summed E-state index contributed by atoms with van der Waals surface area (Å²) < 4.78 is 5.39. The standard InChI is InChI=1S/C15H20N2O2/c1-10(2)15(3,9-16)17-14(18)12-8-19-13-7-5-4-6-11(12)13/h4-8,10H,9,16H2,1-3H3,(H,17,18). The van der Waals surface area contributed by atoms with Crippen molar-refractivity contribution in [2.75, 3.05) is 6.54 Å². The molecular weight excluding hydrogens is 240 g/mol. The molecule has 19 heavy (non-hydrogen) atoms. The van der Waals surface area contributed by atoms with Crippen molar-refractivity contribution in [2.45, 2.75) is 26.3 Å². The van der Waals surface area contributed by atoms with Crippen molar-refractivity contribution < 1.29 is 9.21 Å². The Morgan fingerprint density at radius 1 is 1.42 bits per heavy atom. The van der Waals surface area contributed by atoms with Crippen LogP contribution in [0.2, 0.25) is 0 Å². The van der Waals surface area contributed by atoms with Crippen LogP contribution >= 0.6 is 0 Å². The third-order valence-electron chi connectivity index (χ3n) is 3.82. The molecule has 2 aromatic rings. The van der Waals surface area contributed by atoms with Gasteiger partial charge in [0, 0.05) is 11.9 Å². The molecule has 2 rings (SSSR count). The van der Waals surface area contributed by atoms with E-state index in [4.69, 9.17) is 10.2 Å². The van der Waals surface area contributed by atoms with Gasteiger partial charge in [0.15, 0.2) is 0 Å². The van der Waals surface area contributed by atoms with Crippen LogP contribution in [0.3, 0.4) is 0 Å². The minimum Gasteiger partial charge on any atom is -0.463 e. The van der Waals surface area contributed by atoms with Crippen LogP contribution < -0.4 is 11.1 Å². The fraction of sp³-hybridized carbons (Fsp3) is 0.400. The molecule has 1 aromatic heterocycles. The van der Waals surface area contributed by atoms with E-state index < -0.39 is 5.54 Å². The molecule has 3 N–H and O–H groups in total. The van der Waals surface area contributed by atoms with E-state index >= 15 is 0 Å². The Kier molecular flexibility index (Phi) is 3.62. The van der Waals surface area contributed by atoms with Crippen molar-refractivity contribution in [2.24, 2.45) is 11.7 Å². The second kappa shape index (κ2) is 5.05. The number of benzene rings is 1. The number of nitrogens with two attached hydrogens (primary N) is 1. The maximum absolute atomic E-state index is 12.4. The molecule has 0 aliphatic carbocycles. The van der Waals surface area contributed by atoms with Gasteiger partial charge in [-0.3, -0.25) is 4.79 Å². The summed E-state index contributed by atoms with van der Waals surface area (Å²) in [7, 11) is 0. The molecule has 1 amide bonds. The summed E-state index contributed by atoms with van der Waals surface area (Å²) in [5, 5.41) is 3.84. The molecule has 0 saturated heterocycles. The zero-order chi connectivity index (χ0) is 14.0. The Labute approximate surface area is 113 Å². The molecule has 0 spiro atoms. The number of carbonyl (C=O) groups excluding carboxylic acids is 1. The van der Waals surface area contributed by atoms with Crippen LogP contribution in [0.15, 0.2) is 34.9 Å². The van der Waals surface area contributed by atoms with Crippen LogP contribution in [0, 0.1) is 5.92 Å². The number of para-hydroxylation sites is 1. The molecule has 1 heterocycles. The Balaban J connectivity index is 2.30. The topological polar surface area (TPSA) is 68.3 Å². The highest BCUT2D eigenvalue weighted by atomic mass is 16.3. The van der Waals surface area contributed by atoms with E-state index in [0.717, 1.165) is 5.39 Å². The van der Waals surface area contributed by atoms with Crippen LogP contribution in [-0.2, 0) is 0 Å². The van der Waals surface area contributed by atoms with Crippen LogP contribution in [0.25, 0.3) is 11.0 Å². The number of carbonyl (C=O) groups is 1. The number of amides is 1. The maximum atomic E-state index is 12.4. The van der Waals surface area contributed by atoms with E-state index in [1.807, 2.05) is 45.0 Å². The highest BCUT2D eigenvalue weighted by molar-refractivity contribution is 6.06. The molecule has 4 heteroatoms. The van der Waals surface area contributed by atoms with Gasteiger partial charge in [-0.2, -0.15) is 0 Å². The zero-order valence-electron chi connectivity index (χ0n) is 11.6. The first-order valence-corrected chi connectivity index (χ1v) is 6.47. The largest absolute Gasteiger partial charge is 0.463 e. The van der Waals surface area contributed by atoms with Gasteiger partial charge in [0.2, 0.25) is 0 Å². The van der Waals surface area contributed by atoms with E-state index in [2.05, 4.69) is 5.32 Å². The number of fused-ring (bicyclic) bond motifs is 1. The Morgan fingerprint density at radius 3 is 2.74 bits per heavy atom. The Bertz CT molecular complexity index is 589. The van der Waals surface area contributed by atoms with E-state index in [1.54, 1.807) is 0 Å². The fourth-order valence-electron chi connectivity index (χ4n) is 1.91. The van der Waals surface area contributed by atoms with Gasteiger partial charge in [-0.05, 0) is 18.9 Å². The Morgan fingerprint density at radius 2 is 2.11 bits per heavy atom. The van der Waals surface area contributed by atoms with Crippen molar-refractivity contribution >= 4 is 16.9 Å². The number of hydrogen-bond acceptors (Lipinski definition) is 3. The minimum atomic E-state index is -0.421. The van der Waals surface area contributed by atoms with E-state index in [9.17, 15) is 4.79 Å². The summed E-state index contributed by atoms with van der Waals surface area (Å²) >= 11 is 0. The normalized spacial score (nSPS) is 14.6. The lowest BCUT2D eigenvalue weighted by Crippen LogP contribution is -2.54. The minimum absolute atomic E-state index is 0.147. The van der Waals surface area contributed by atoms with Gasteiger partial charge in [0.05, 0.1) is 11.1 Å². The van der Waals surface area contributed by atoms with Gasteiger partial charge in [-0.25, -0.2) is 0 Å². The third-order valence-corrected chi connectivity index (χ3v) is 3.82. The SMILES string of the molecule is CC(C)C(C)(CN)NC(=O)c1coc2ccccc12. The number of furan rings is 1. The first kappa shape index (κ1) is 13.6.